The van der Waals surface area contributed by atoms with E-state index in [4.69, 9.17) is 17.7 Å². The van der Waals surface area contributed by atoms with Gasteiger partial charge in [-0.3, -0.25) is 4.55 Å². The van der Waals surface area contributed by atoms with Gasteiger partial charge in [0.25, 0.3) is 0 Å². The molecule has 0 bridgehead atoms. The molecule has 26 heavy (non-hydrogen) atoms. The van der Waals surface area contributed by atoms with Gasteiger partial charge in [0.05, 0.1) is 0 Å². The third-order valence-electron chi connectivity index (χ3n) is 2.76. The first-order chi connectivity index (χ1) is 11.7. The number of benzene rings is 2. The third-order valence-corrected chi connectivity index (χ3v) is 4.28. The Bertz CT molecular complexity index is 826. The Morgan fingerprint density at radius 2 is 1.42 bits per heavy atom. The van der Waals surface area contributed by atoms with Crippen LogP contribution in [0.15, 0.2) is 48.5 Å². The van der Waals surface area contributed by atoms with Crippen LogP contribution in [0.25, 0.3) is 11.1 Å². The fourth-order valence-corrected chi connectivity index (χ4v) is 2.45. The number of halogens is 4. The standard InChI is InChI=1S/C16H17IO.CHF3O3S/c1-16(2,3)18-13-10-8-12(9-11-13)14-6-4-5-7-15(14)17;2-1(3,4)8(5,6)7/h4-11H,1-3H3;(H,5,6,7). The highest BCUT2D eigenvalue weighted by molar-refractivity contribution is 14.1. The molecule has 0 aromatic heterocycles. The van der Waals surface area contributed by atoms with Gasteiger partial charge < -0.3 is 4.74 Å². The molecule has 1 N–H and O–H groups in total. The van der Waals surface area contributed by atoms with Crippen molar-refractivity contribution >= 4 is 32.7 Å². The molecule has 0 unspecified atom stereocenters. The monoisotopic (exact) mass is 502 g/mol. The lowest BCUT2D eigenvalue weighted by Gasteiger charge is -2.21. The zero-order valence-electron chi connectivity index (χ0n) is 14.2. The molecule has 144 valence electrons. The van der Waals surface area contributed by atoms with Crippen LogP contribution in [0.2, 0.25) is 0 Å². The molecular weight excluding hydrogens is 484 g/mol. The summed E-state index contributed by atoms with van der Waals surface area (Å²) in [6, 6.07) is 16.7. The van der Waals surface area contributed by atoms with Gasteiger partial charge in [-0.15, -0.1) is 0 Å². The van der Waals surface area contributed by atoms with Gasteiger partial charge in [-0.05, 0) is 72.7 Å². The van der Waals surface area contributed by atoms with E-state index in [0.29, 0.717) is 0 Å². The summed E-state index contributed by atoms with van der Waals surface area (Å²) in [6.07, 6.45) is 0. The van der Waals surface area contributed by atoms with Gasteiger partial charge in [0, 0.05) is 3.57 Å². The minimum Gasteiger partial charge on any atom is -0.488 e. The maximum Gasteiger partial charge on any atom is 0.522 e. The van der Waals surface area contributed by atoms with E-state index in [0.717, 1.165) is 5.75 Å². The quantitative estimate of drug-likeness (QED) is 0.334. The highest BCUT2D eigenvalue weighted by Crippen LogP contribution is 2.27. The Morgan fingerprint density at radius 1 is 0.962 bits per heavy atom. The van der Waals surface area contributed by atoms with E-state index in [1.54, 1.807) is 0 Å². The number of rotatable bonds is 2. The molecule has 2 rings (SSSR count). The van der Waals surface area contributed by atoms with Gasteiger partial charge in [0.15, 0.2) is 0 Å². The largest absolute Gasteiger partial charge is 0.522 e. The molecule has 0 aliphatic rings. The second kappa shape index (κ2) is 8.57. The fraction of sp³-hybridized carbons (Fsp3) is 0.294. The number of ether oxygens (including phenoxy) is 1. The van der Waals surface area contributed by atoms with Crippen LogP contribution in [0.3, 0.4) is 0 Å². The number of hydrogen-bond donors (Lipinski definition) is 1. The maximum atomic E-state index is 10.7. The summed E-state index contributed by atoms with van der Waals surface area (Å²) in [4.78, 5) is 0. The van der Waals surface area contributed by atoms with Crippen LogP contribution in [-0.4, -0.2) is 24.1 Å². The second-order valence-corrected chi connectivity index (χ2v) is 8.71. The molecular formula is C17H18F3IO4S. The van der Waals surface area contributed by atoms with Crippen molar-refractivity contribution in [2.75, 3.05) is 0 Å². The first kappa shape index (κ1) is 22.7. The van der Waals surface area contributed by atoms with Crippen LogP contribution in [0, 0.1) is 3.57 Å². The molecule has 0 saturated carbocycles. The average molecular weight is 502 g/mol. The molecule has 9 heteroatoms. The third kappa shape index (κ3) is 7.50. The topological polar surface area (TPSA) is 63.6 Å². The van der Waals surface area contributed by atoms with Crippen LogP contribution < -0.4 is 4.74 Å². The van der Waals surface area contributed by atoms with Gasteiger partial charge >= 0.3 is 15.6 Å². The van der Waals surface area contributed by atoms with Crippen molar-refractivity contribution in [2.24, 2.45) is 0 Å². The lowest BCUT2D eigenvalue weighted by Crippen LogP contribution is -2.22. The minimum absolute atomic E-state index is 0.150. The van der Waals surface area contributed by atoms with E-state index in [-0.39, 0.29) is 5.60 Å². The van der Waals surface area contributed by atoms with Crippen LogP contribution >= 0.6 is 22.6 Å². The summed E-state index contributed by atoms with van der Waals surface area (Å²) in [7, 11) is -5.84. The van der Waals surface area contributed by atoms with E-state index in [2.05, 4.69) is 79.8 Å². The van der Waals surface area contributed by atoms with Crippen molar-refractivity contribution in [2.45, 2.75) is 31.9 Å². The molecule has 0 spiro atoms. The first-order valence-corrected chi connectivity index (χ1v) is 9.80. The molecule has 2 aromatic rings. The Kier molecular flexibility index (Phi) is 7.49. The van der Waals surface area contributed by atoms with E-state index >= 15 is 0 Å². The maximum absolute atomic E-state index is 10.7. The molecule has 4 nitrogen and oxygen atoms in total. The van der Waals surface area contributed by atoms with E-state index in [1.807, 2.05) is 12.1 Å². The van der Waals surface area contributed by atoms with E-state index in [1.165, 1.54) is 14.7 Å². The van der Waals surface area contributed by atoms with Gasteiger partial charge in [-0.2, -0.15) is 21.6 Å². The van der Waals surface area contributed by atoms with Crippen molar-refractivity contribution in [1.82, 2.24) is 0 Å². The summed E-state index contributed by atoms with van der Waals surface area (Å²) in [6.45, 7) is 6.17. The predicted octanol–water partition coefficient (Wildman–Crippen LogP) is 5.53. The molecule has 2 aromatic carbocycles. The van der Waals surface area contributed by atoms with E-state index < -0.39 is 15.6 Å². The molecule has 0 heterocycles. The summed E-state index contributed by atoms with van der Waals surface area (Å²) in [5.74, 6) is 0.914. The second-order valence-electron chi connectivity index (χ2n) is 6.14. The lowest BCUT2D eigenvalue weighted by atomic mass is 10.1. The SMILES string of the molecule is CC(C)(C)Oc1ccc(-c2ccccc2I)cc1.O=S(=O)(O)C(F)(F)F. The van der Waals surface area contributed by atoms with Gasteiger partial charge in [0.1, 0.15) is 11.4 Å². The molecule has 0 atom stereocenters. The zero-order valence-corrected chi connectivity index (χ0v) is 17.2. The smallest absolute Gasteiger partial charge is 0.488 e. The normalized spacial score (nSPS) is 12.2. The van der Waals surface area contributed by atoms with Gasteiger partial charge in [-0.25, -0.2) is 0 Å². The van der Waals surface area contributed by atoms with Crippen molar-refractivity contribution in [3.05, 3.63) is 52.1 Å². The molecule has 0 fully saturated rings. The zero-order chi connectivity index (χ0) is 20.2. The van der Waals surface area contributed by atoms with Crippen molar-refractivity contribution in [3.8, 4) is 16.9 Å². The van der Waals surface area contributed by atoms with Crippen molar-refractivity contribution < 1.29 is 30.9 Å². The highest BCUT2D eigenvalue weighted by Gasteiger charge is 2.44. The lowest BCUT2D eigenvalue weighted by molar-refractivity contribution is -0.0510. The van der Waals surface area contributed by atoms with Gasteiger partial charge in [-0.1, -0.05) is 30.3 Å². The average Bonchev–Trinajstić information content (AvgIpc) is 2.46. The molecule has 0 aliphatic carbocycles. The van der Waals surface area contributed by atoms with Crippen LogP contribution in [0.1, 0.15) is 20.8 Å². The summed E-state index contributed by atoms with van der Waals surface area (Å²) in [5, 5.41) is 0. The highest BCUT2D eigenvalue weighted by atomic mass is 127. The van der Waals surface area contributed by atoms with Gasteiger partial charge in [0.2, 0.25) is 0 Å². The number of alkyl halides is 3. The Hall–Kier alpha value is -1.33. The van der Waals surface area contributed by atoms with E-state index in [9.17, 15) is 13.2 Å². The minimum atomic E-state index is -5.84. The Morgan fingerprint density at radius 3 is 1.81 bits per heavy atom. The van der Waals surface area contributed by atoms with Crippen LogP contribution in [-0.2, 0) is 10.1 Å². The van der Waals surface area contributed by atoms with Crippen LogP contribution in [0.4, 0.5) is 13.2 Å². The first-order valence-electron chi connectivity index (χ1n) is 7.28. The molecule has 0 radical (unpaired) electrons. The molecule has 0 saturated heterocycles. The van der Waals surface area contributed by atoms with Crippen molar-refractivity contribution in [3.63, 3.8) is 0 Å². The summed E-state index contributed by atoms with van der Waals surface area (Å²) in [5.41, 5.74) is -3.20. The van der Waals surface area contributed by atoms with Crippen LogP contribution in [0.5, 0.6) is 5.75 Å². The summed E-state index contributed by atoms with van der Waals surface area (Å²) < 4.78 is 64.6. The fourth-order valence-electron chi connectivity index (χ4n) is 1.75. The Labute approximate surface area is 164 Å². The number of hydrogen-bond acceptors (Lipinski definition) is 3. The predicted molar refractivity (Wildman–Crippen MR) is 103 cm³/mol. The Balaban J connectivity index is 0.000000359. The summed E-state index contributed by atoms with van der Waals surface area (Å²) >= 11 is 2.36. The molecule has 0 aliphatic heterocycles. The van der Waals surface area contributed by atoms with Crippen molar-refractivity contribution in [1.29, 1.82) is 0 Å². The molecule has 0 amide bonds.